The summed E-state index contributed by atoms with van der Waals surface area (Å²) in [5.74, 6) is 1.70. The Kier molecular flexibility index (Phi) is 7.43. The van der Waals surface area contributed by atoms with Gasteiger partial charge in [0, 0.05) is 30.3 Å². The number of nitrogens with zero attached hydrogens (tertiary/aromatic N) is 2. The summed E-state index contributed by atoms with van der Waals surface area (Å²) in [6.07, 6.45) is 3.29. The van der Waals surface area contributed by atoms with E-state index < -0.39 is 0 Å². The Hall–Kier alpha value is -2.74. The molecule has 0 aliphatic carbocycles. The fraction of sp³-hybridized carbons (Fsp3) is 0.435. The van der Waals surface area contributed by atoms with Gasteiger partial charge in [0.15, 0.2) is 5.16 Å². The fourth-order valence-electron chi connectivity index (χ4n) is 3.41. The number of hydrogen-bond donors (Lipinski definition) is 3. The summed E-state index contributed by atoms with van der Waals surface area (Å²) < 4.78 is 7.81. The molecule has 0 spiro atoms. The van der Waals surface area contributed by atoms with Crippen LogP contribution in [0.1, 0.15) is 44.0 Å². The molecule has 2 heterocycles. The van der Waals surface area contributed by atoms with Crippen molar-refractivity contribution in [3.8, 4) is 5.75 Å². The third-order valence-corrected chi connectivity index (χ3v) is 6.25. The minimum absolute atomic E-state index is 0.0328. The molecule has 31 heavy (non-hydrogen) atoms. The van der Waals surface area contributed by atoms with Crippen molar-refractivity contribution in [1.29, 1.82) is 5.41 Å². The number of ether oxygens (including phenoxy) is 1. The summed E-state index contributed by atoms with van der Waals surface area (Å²) in [4.78, 5) is 17.7. The summed E-state index contributed by atoms with van der Waals surface area (Å²) in [5.41, 5.74) is 3.41. The second kappa shape index (κ2) is 10.0. The average Bonchev–Trinajstić information content (AvgIpc) is 3.30. The smallest absolute Gasteiger partial charge is 0.222 e. The number of benzene rings is 1. The highest BCUT2D eigenvalue weighted by Gasteiger charge is 2.21. The van der Waals surface area contributed by atoms with Crippen LogP contribution in [0.5, 0.6) is 5.75 Å². The Balaban J connectivity index is 1.88. The van der Waals surface area contributed by atoms with Gasteiger partial charge < -0.3 is 25.3 Å². The molecular weight excluding hydrogens is 410 g/mol. The van der Waals surface area contributed by atoms with E-state index in [0.29, 0.717) is 24.5 Å². The first-order valence-electron chi connectivity index (χ1n) is 10.6. The number of anilines is 1. The van der Waals surface area contributed by atoms with Gasteiger partial charge in [-0.1, -0.05) is 38.3 Å². The van der Waals surface area contributed by atoms with E-state index in [2.05, 4.69) is 40.8 Å². The normalized spacial score (nSPS) is 12.4. The number of aromatic nitrogens is 2. The molecule has 1 aromatic carbocycles. The molecule has 0 saturated carbocycles. The van der Waals surface area contributed by atoms with Gasteiger partial charge in [0.05, 0.1) is 12.3 Å². The van der Waals surface area contributed by atoms with Crippen LogP contribution in [-0.4, -0.2) is 34.3 Å². The van der Waals surface area contributed by atoms with Gasteiger partial charge in [0.2, 0.25) is 5.91 Å². The van der Waals surface area contributed by atoms with Crippen molar-refractivity contribution < 1.29 is 9.53 Å². The molecule has 8 heteroatoms. The zero-order valence-corrected chi connectivity index (χ0v) is 19.5. The van der Waals surface area contributed by atoms with Crippen molar-refractivity contribution in [1.82, 2.24) is 14.9 Å². The molecule has 3 N–H and O–H groups in total. The van der Waals surface area contributed by atoms with Crippen LogP contribution in [0.2, 0.25) is 0 Å². The second-order valence-corrected chi connectivity index (χ2v) is 8.95. The van der Waals surface area contributed by atoms with Gasteiger partial charge in [-0.15, -0.1) is 0 Å². The van der Waals surface area contributed by atoms with E-state index in [1.807, 2.05) is 13.8 Å². The van der Waals surface area contributed by atoms with E-state index in [4.69, 9.17) is 15.1 Å². The fourth-order valence-corrected chi connectivity index (χ4v) is 4.43. The zero-order valence-electron chi connectivity index (χ0n) is 18.7. The minimum atomic E-state index is -0.0328. The number of rotatable bonds is 10. The van der Waals surface area contributed by atoms with Gasteiger partial charge >= 0.3 is 0 Å². The van der Waals surface area contributed by atoms with Crippen molar-refractivity contribution in [2.24, 2.45) is 5.92 Å². The van der Waals surface area contributed by atoms with Crippen molar-refractivity contribution in [2.45, 2.75) is 57.1 Å². The lowest BCUT2D eigenvalue weighted by Crippen LogP contribution is -2.29. The second-order valence-electron chi connectivity index (χ2n) is 7.94. The maximum Gasteiger partial charge on any atom is 0.222 e. The number of carbonyl (C=O) groups excluding carboxylic acids is 1. The number of fused-ring (bicyclic) bond motifs is 1. The van der Waals surface area contributed by atoms with Crippen LogP contribution in [-0.2, 0) is 17.8 Å². The van der Waals surface area contributed by atoms with Gasteiger partial charge in [-0.3, -0.25) is 4.79 Å². The lowest BCUT2D eigenvalue weighted by molar-refractivity contribution is -0.123. The van der Waals surface area contributed by atoms with Crippen LogP contribution < -0.4 is 15.4 Å². The molecule has 0 unspecified atom stereocenters. The van der Waals surface area contributed by atoms with E-state index in [9.17, 15) is 4.79 Å². The summed E-state index contributed by atoms with van der Waals surface area (Å²) in [7, 11) is 0. The third-order valence-electron chi connectivity index (χ3n) is 5.10. The lowest BCUT2D eigenvalue weighted by Gasteiger charge is -2.14. The van der Waals surface area contributed by atoms with E-state index in [0.717, 1.165) is 41.1 Å². The van der Waals surface area contributed by atoms with Crippen molar-refractivity contribution >= 4 is 29.2 Å². The Morgan fingerprint density at radius 3 is 2.90 bits per heavy atom. The minimum Gasteiger partial charge on any atom is -0.493 e. The molecule has 1 aromatic heterocycles. The maximum atomic E-state index is 11.9. The number of imidazole rings is 1. The highest BCUT2D eigenvalue weighted by molar-refractivity contribution is 7.99. The van der Waals surface area contributed by atoms with E-state index >= 15 is 0 Å². The first-order chi connectivity index (χ1) is 14.8. The van der Waals surface area contributed by atoms with Crippen molar-refractivity contribution in [2.75, 3.05) is 18.5 Å². The molecule has 1 aliphatic heterocycles. The first kappa shape index (κ1) is 22.9. The lowest BCUT2D eigenvalue weighted by atomic mass is 10.1. The Labute approximate surface area is 188 Å². The molecule has 0 radical (unpaired) electrons. The molecule has 0 atom stereocenters. The predicted octanol–water partition coefficient (Wildman–Crippen LogP) is 4.38. The predicted molar refractivity (Wildman–Crippen MR) is 126 cm³/mol. The van der Waals surface area contributed by atoms with Crippen LogP contribution in [0.25, 0.3) is 0 Å². The number of hydrogen-bond acceptors (Lipinski definition) is 6. The largest absolute Gasteiger partial charge is 0.493 e. The zero-order chi connectivity index (χ0) is 22.5. The summed E-state index contributed by atoms with van der Waals surface area (Å²) in [5, 5.41) is 15.1. The van der Waals surface area contributed by atoms with Crippen molar-refractivity contribution in [3.63, 3.8) is 0 Å². The van der Waals surface area contributed by atoms with Crippen molar-refractivity contribution in [3.05, 3.63) is 41.7 Å². The van der Waals surface area contributed by atoms with Crippen LogP contribution in [0, 0.1) is 18.3 Å². The monoisotopic (exact) mass is 441 g/mol. The maximum absolute atomic E-state index is 11.9. The Morgan fingerprint density at radius 2 is 2.23 bits per heavy atom. The third kappa shape index (κ3) is 5.31. The average molecular weight is 442 g/mol. The number of aryl methyl sites for hydroxylation is 1. The quantitative estimate of drug-likeness (QED) is 0.376. The van der Waals surface area contributed by atoms with E-state index in [-0.39, 0.29) is 11.8 Å². The number of nitrogens with one attached hydrogen (secondary N) is 3. The molecule has 1 amide bonds. The van der Waals surface area contributed by atoms with Crippen LogP contribution in [0.3, 0.4) is 0 Å². The van der Waals surface area contributed by atoms with Gasteiger partial charge in [-0.2, -0.15) is 0 Å². The number of carbonyl (C=O) groups is 1. The summed E-state index contributed by atoms with van der Waals surface area (Å²) in [6, 6.07) is 4.27. The van der Waals surface area contributed by atoms with Crippen LogP contribution >= 0.6 is 11.8 Å². The summed E-state index contributed by atoms with van der Waals surface area (Å²) in [6.45, 7) is 13.3. The molecule has 7 nitrogen and oxygen atoms in total. The Bertz CT molecular complexity index is 996. The number of amides is 1. The van der Waals surface area contributed by atoms with Gasteiger partial charge in [0.25, 0.3) is 0 Å². The standard InChI is InChI=1S/C23H31N5O2S/c1-6-25-21-20(16(5)24)27-23(28(21)10-7-9-26-22(29)14(2)3)31-19-13-18-17(8-11-30-18)12-15(19)4/h6,12-14,24-25H,1,7-11H2,2-5H3,(H,26,29). The van der Waals surface area contributed by atoms with Gasteiger partial charge in [0.1, 0.15) is 17.3 Å². The topological polar surface area (TPSA) is 92.0 Å². The molecule has 2 aromatic rings. The molecule has 1 aliphatic rings. The molecule has 166 valence electrons. The van der Waals surface area contributed by atoms with Gasteiger partial charge in [-0.05, 0) is 43.7 Å². The Morgan fingerprint density at radius 1 is 1.45 bits per heavy atom. The summed E-state index contributed by atoms with van der Waals surface area (Å²) >= 11 is 1.57. The SMILES string of the molecule is C=CNc1c(C(C)=N)nc(Sc2cc3c(cc2C)CCO3)n1CCCNC(=O)C(C)C. The first-order valence-corrected chi connectivity index (χ1v) is 11.4. The molecule has 0 saturated heterocycles. The molecule has 0 fully saturated rings. The van der Waals surface area contributed by atoms with Crippen LogP contribution in [0.15, 0.2) is 35.0 Å². The molecular formula is C23H31N5O2S. The van der Waals surface area contributed by atoms with E-state index in [1.165, 1.54) is 11.1 Å². The highest BCUT2D eigenvalue weighted by Crippen LogP contribution is 2.38. The van der Waals surface area contributed by atoms with E-state index in [1.54, 1.807) is 24.9 Å². The molecule has 0 bridgehead atoms. The molecule has 3 rings (SSSR count). The van der Waals surface area contributed by atoms with Gasteiger partial charge in [-0.25, -0.2) is 4.98 Å². The van der Waals surface area contributed by atoms with Crippen LogP contribution in [0.4, 0.5) is 5.82 Å². The highest BCUT2D eigenvalue weighted by atomic mass is 32.2.